The first-order valence-corrected chi connectivity index (χ1v) is 10.4. The third-order valence-electron chi connectivity index (χ3n) is 4.69. The molecule has 0 radical (unpaired) electrons. The van der Waals surface area contributed by atoms with E-state index in [4.69, 9.17) is 14.6 Å². The number of carbonyl (C=O) groups is 1. The van der Waals surface area contributed by atoms with Crippen molar-refractivity contribution in [3.05, 3.63) is 42.2 Å². The molecular weight excluding hydrogens is 368 g/mol. The molecule has 6 heteroatoms. The zero-order valence-electron chi connectivity index (χ0n) is 17.3. The van der Waals surface area contributed by atoms with Crippen LogP contribution >= 0.6 is 0 Å². The number of aryl methyl sites for hydroxylation is 1. The summed E-state index contributed by atoms with van der Waals surface area (Å²) in [5.41, 5.74) is 2.04. The number of unbranched alkanes of at least 4 members (excludes halogenated alkanes) is 5. The fraction of sp³-hybridized carbons (Fsp3) is 0.522. The number of rotatable bonds is 15. The van der Waals surface area contributed by atoms with E-state index in [1.807, 2.05) is 36.7 Å². The summed E-state index contributed by atoms with van der Waals surface area (Å²) < 4.78 is 10.8. The number of carboxylic acids is 1. The highest BCUT2D eigenvalue weighted by atomic mass is 16.5. The standard InChI is InChI=1S/C23H32N2O4/c1-28-15-7-2-3-8-16-29-21-13-11-20(12-14-21)23-24-17-19(18-25-23)9-5-4-6-10-22(26)27/h11-14,17-18H,2-10,15-16H2,1H3,(H,26,27). The summed E-state index contributed by atoms with van der Waals surface area (Å²) in [6.07, 6.45) is 11.9. The topological polar surface area (TPSA) is 81.5 Å². The molecule has 0 bridgehead atoms. The van der Waals surface area contributed by atoms with E-state index in [2.05, 4.69) is 9.97 Å². The van der Waals surface area contributed by atoms with Crippen molar-refractivity contribution in [3.63, 3.8) is 0 Å². The van der Waals surface area contributed by atoms with Gasteiger partial charge in [-0.1, -0.05) is 12.8 Å². The Morgan fingerprint density at radius 1 is 0.897 bits per heavy atom. The molecular formula is C23H32N2O4. The predicted octanol–water partition coefficient (Wildman–Crippen LogP) is 4.92. The van der Waals surface area contributed by atoms with Crippen molar-refractivity contribution in [1.82, 2.24) is 9.97 Å². The average Bonchev–Trinajstić information content (AvgIpc) is 2.74. The smallest absolute Gasteiger partial charge is 0.303 e. The van der Waals surface area contributed by atoms with Gasteiger partial charge in [-0.2, -0.15) is 0 Å². The van der Waals surface area contributed by atoms with Gasteiger partial charge >= 0.3 is 5.97 Å². The second-order valence-electron chi connectivity index (χ2n) is 7.15. The van der Waals surface area contributed by atoms with Crippen LogP contribution in [0.15, 0.2) is 36.7 Å². The minimum Gasteiger partial charge on any atom is -0.494 e. The van der Waals surface area contributed by atoms with E-state index < -0.39 is 5.97 Å². The lowest BCUT2D eigenvalue weighted by molar-refractivity contribution is -0.137. The van der Waals surface area contributed by atoms with Gasteiger partial charge in [-0.15, -0.1) is 0 Å². The summed E-state index contributed by atoms with van der Waals surface area (Å²) in [7, 11) is 1.74. The van der Waals surface area contributed by atoms with Crippen LogP contribution < -0.4 is 4.74 Å². The molecule has 0 amide bonds. The van der Waals surface area contributed by atoms with Crippen LogP contribution in [0.1, 0.15) is 56.9 Å². The summed E-state index contributed by atoms with van der Waals surface area (Å²) in [5.74, 6) is 0.833. The molecule has 0 aliphatic rings. The van der Waals surface area contributed by atoms with Crippen molar-refractivity contribution in [2.24, 2.45) is 0 Å². The number of aromatic nitrogens is 2. The van der Waals surface area contributed by atoms with E-state index in [1.165, 1.54) is 6.42 Å². The highest BCUT2D eigenvalue weighted by molar-refractivity contribution is 5.66. The van der Waals surface area contributed by atoms with E-state index in [1.54, 1.807) is 7.11 Å². The monoisotopic (exact) mass is 400 g/mol. The molecule has 0 aliphatic carbocycles. The van der Waals surface area contributed by atoms with Crippen LogP contribution in [0.4, 0.5) is 0 Å². The molecule has 0 unspecified atom stereocenters. The summed E-state index contributed by atoms with van der Waals surface area (Å²) >= 11 is 0. The van der Waals surface area contributed by atoms with Crippen molar-refractivity contribution in [2.75, 3.05) is 20.3 Å². The number of nitrogens with zero attached hydrogens (tertiary/aromatic N) is 2. The molecule has 2 aromatic rings. The normalized spacial score (nSPS) is 10.8. The van der Waals surface area contributed by atoms with Gasteiger partial charge in [0, 0.05) is 38.1 Å². The van der Waals surface area contributed by atoms with Gasteiger partial charge in [0.05, 0.1) is 6.61 Å². The maximum atomic E-state index is 10.5. The van der Waals surface area contributed by atoms with Gasteiger partial charge < -0.3 is 14.6 Å². The largest absolute Gasteiger partial charge is 0.494 e. The van der Waals surface area contributed by atoms with Gasteiger partial charge in [-0.05, 0) is 68.4 Å². The van der Waals surface area contributed by atoms with Gasteiger partial charge in [0.15, 0.2) is 5.82 Å². The second-order valence-corrected chi connectivity index (χ2v) is 7.15. The number of hydrogen-bond donors (Lipinski definition) is 1. The van der Waals surface area contributed by atoms with E-state index >= 15 is 0 Å². The minimum atomic E-state index is -0.730. The molecule has 1 aromatic carbocycles. The summed E-state index contributed by atoms with van der Waals surface area (Å²) in [4.78, 5) is 19.4. The van der Waals surface area contributed by atoms with Crippen LogP contribution in [0.25, 0.3) is 11.4 Å². The number of ether oxygens (including phenoxy) is 2. The maximum Gasteiger partial charge on any atom is 0.303 e. The summed E-state index contributed by atoms with van der Waals surface area (Å²) in [5, 5.41) is 8.64. The van der Waals surface area contributed by atoms with Crippen LogP contribution in [-0.4, -0.2) is 41.4 Å². The van der Waals surface area contributed by atoms with Crippen LogP contribution in [0, 0.1) is 0 Å². The van der Waals surface area contributed by atoms with E-state index in [0.29, 0.717) is 5.82 Å². The van der Waals surface area contributed by atoms with E-state index in [9.17, 15) is 4.79 Å². The quantitative estimate of drug-likeness (QED) is 0.428. The van der Waals surface area contributed by atoms with Crippen molar-refractivity contribution in [2.45, 2.75) is 57.8 Å². The number of benzene rings is 1. The fourth-order valence-electron chi connectivity index (χ4n) is 3.01. The zero-order valence-corrected chi connectivity index (χ0v) is 17.3. The molecule has 0 spiro atoms. The Bertz CT molecular complexity index is 702. The molecule has 0 atom stereocenters. The molecule has 1 aromatic heterocycles. The number of carboxylic acid groups (broad SMARTS) is 1. The van der Waals surface area contributed by atoms with Crippen LogP contribution in [0.2, 0.25) is 0 Å². The van der Waals surface area contributed by atoms with E-state index in [-0.39, 0.29) is 6.42 Å². The van der Waals surface area contributed by atoms with Gasteiger partial charge in [-0.25, -0.2) is 9.97 Å². The molecule has 6 nitrogen and oxygen atoms in total. The third kappa shape index (κ3) is 9.52. The zero-order chi connectivity index (χ0) is 20.7. The van der Waals surface area contributed by atoms with Crippen LogP contribution in [-0.2, 0) is 16.0 Å². The SMILES string of the molecule is COCCCCCCOc1ccc(-c2ncc(CCCCCC(=O)O)cn2)cc1. The molecule has 0 fully saturated rings. The van der Waals surface area contributed by atoms with Gasteiger partial charge in [-0.3, -0.25) is 4.79 Å². The lowest BCUT2D eigenvalue weighted by atomic mass is 10.1. The van der Waals surface area contributed by atoms with E-state index in [0.717, 1.165) is 75.0 Å². The second kappa shape index (κ2) is 13.7. The average molecular weight is 401 g/mol. The molecule has 158 valence electrons. The number of hydrogen-bond acceptors (Lipinski definition) is 5. The molecule has 0 saturated heterocycles. The molecule has 1 N–H and O–H groups in total. The molecule has 29 heavy (non-hydrogen) atoms. The molecule has 2 rings (SSSR count). The first-order valence-electron chi connectivity index (χ1n) is 10.4. The minimum absolute atomic E-state index is 0.240. The number of aliphatic carboxylic acids is 1. The van der Waals surface area contributed by atoms with Crippen molar-refractivity contribution in [3.8, 4) is 17.1 Å². The molecule has 0 saturated carbocycles. The third-order valence-corrected chi connectivity index (χ3v) is 4.69. The highest BCUT2D eigenvalue weighted by Gasteiger charge is 2.03. The molecule has 1 heterocycles. The van der Waals surface area contributed by atoms with Gasteiger partial charge in [0.2, 0.25) is 0 Å². The van der Waals surface area contributed by atoms with Crippen LogP contribution in [0.5, 0.6) is 5.75 Å². The Balaban J connectivity index is 1.70. The number of methoxy groups -OCH3 is 1. The summed E-state index contributed by atoms with van der Waals surface area (Å²) in [6.45, 7) is 1.56. The predicted molar refractivity (Wildman–Crippen MR) is 113 cm³/mol. The summed E-state index contributed by atoms with van der Waals surface area (Å²) in [6, 6.07) is 7.88. The van der Waals surface area contributed by atoms with Crippen molar-refractivity contribution >= 4 is 5.97 Å². The first-order chi connectivity index (χ1) is 14.2. The van der Waals surface area contributed by atoms with Crippen molar-refractivity contribution in [1.29, 1.82) is 0 Å². The van der Waals surface area contributed by atoms with Gasteiger partial charge in [0.25, 0.3) is 0 Å². The van der Waals surface area contributed by atoms with Crippen LogP contribution in [0.3, 0.4) is 0 Å². The Hall–Kier alpha value is -2.47. The molecule has 0 aliphatic heterocycles. The highest BCUT2D eigenvalue weighted by Crippen LogP contribution is 2.20. The van der Waals surface area contributed by atoms with Crippen molar-refractivity contribution < 1.29 is 19.4 Å². The van der Waals surface area contributed by atoms with Gasteiger partial charge in [0.1, 0.15) is 5.75 Å². The first kappa shape index (κ1) is 22.8. The lowest BCUT2D eigenvalue weighted by Gasteiger charge is -2.07. The Labute approximate surface area is 173 Å². The Kier molecular flexibility index (Phi) is 10.7. The lowest BCUT2D eigenvalue weighted by Crippen LogP contribution is -1.98. The Morgan fingerprint density at radius 3 is 2.21 bits per heavy atom. The maximum absolute atomic E-state index is 10.5. The fourth-order valence-corrected chi connectivity index (χ4v) is 3.01. The Morgan fingerprint density at radius 2 is 1.55 bits per heavy atom.